The summed E-state index contributed by atoms with van der Waals surface area (Å²) in [5.41, 5.74) is 0. The van der Waals surface area contributed by atoms with Crippen LogP contribution in [0.15, 0.2) is 0 Å². The average molecular weight is 172 g/mol. The zero-order chi connectivity index (χ0) is 9.40. The number of carbonyl (C=O) groups excluding carboxylic acids is 1. The molecule has 0 aromatic carbocycles. The van der Waals surface area contributed by atoms with Crippen molar-refractivity contribution in [2.75, 3.05) is 7.11 Å². The molecule has 1 unspecified atom stereocenters. The fourth-order valence-corrected chi connectivity index (χ4v) is 1.24. The standard InChI is InChI=1S/C10H20O2/c1-4-5-6-7-8-10(12-3)9(2)11/h10H,4-8H2,1-3H3. The molecule has 0 saturated heterocycles. The first-order valence-electron chi connectivity index (χ1n) is 4.75. The lowest BCUT2D eigenvalue weighted by molar-refractivity contribution is -0.127. The maximum absolute atomic E-state index is 10.9. The minimum atomic E-state index is -0.165. The molecule has 0 bridgehead atoms. The molecule has 0 fully saturated rings. The van der Waals surface area contributed by atoms with Crippen LogP contribution in [0, 0.1) is 0 Å². The molecule has 0 aliphatic rings. The molecule has 0 aliphatic carbocycles. The Morgan fingerprint density at radius 3 is 2.42 bits per heavy atom. The summed E-state index contributed by atoms with van der Waals surface area (Å²) in [6, 6.07) is 0. The van der Waals surface area contributed by atoms with Gasteiger partial charge in [0.05, 0.1) is 0 Å². The van der Waals surface area contributed by atoms with Crippen LogP contribution < -0.4 is 0 Å². The Morgan fingerprint density at radius 2 is 2.00 bits per heavy atom. The molecule has 0 N–H and O–H groups in total. The van der Waals surface area contributed by atoms with Crippen molar-refractivity contribution in [3.63, 3.8) is 0 Å². The van der Waals surface area contributed by atoms with Crippen LogP contribution in [0.2, 0.25) is 0 Å². The number of Topliss-reactive ketones (excluding diaryl/α,β-unsaturated/α-hetero) is 1. The van der Waals surface area contributed by atoms with Gasteiger partial charge in [0.2, 0.25) is 0 Å². The quantitative estimate of drug-likeness (QED) is 0.552. The molecule has 0 radical (unpaired) electrons. The highest BCUT2D eigenvalue weighted by atomic mass is 16.5. The number of ketones is 1. The van der Waals surface area contributed by atoms with Crippen LogP contribution in [0.3, 0.4) is 0 Å². The van der Waals surface area contributed by atoms with E-state index in [2.05, 4.69) is 6.92 Å². The Balaban J connectivity index is 3.38. The van der Waals surface area contributed by atoms with Crippen molar-refractivity contribution in [1.29, 1.82) is 0 Å². The van der Waals surface area contributed by atoms with E-state index in [0.29, 0.717) is 0 Å². The van der Waals surface area contributed by atoms with Gasteiger partial charge in [-0.25, -0.2) is 0 Å². The fourth-order valence-electron chi connectivity index (χ4n) is 1.24. The Hall–Kier alpha value is -0.370. The average Bonchev–Trinajstić information content (AvgIpc) is 2.04. The van der Waals surface area contributed by atoms with Crippen LogP contribution in [-0.2, 0) is 9.53 Å². The van der Waals surface area contributed by atoms with Gasteiger partial charge in [-0.15, -0.1) is 0 Å². The normalized spacial score (nSPS) is 12.9. The molecule has 0 amide bonds. The monoisotopic (exact) mass is 172 g/mol. The molecule has 2 heteroatoms. The van der Waals surface area contributed by atoms with E-state index in [1.54, 1.807) is 14.0 Å². The third-order valence-electron chi connectivity index (χ3n) is 2.06. The molecule has 72 valence electrons. The highest BCUT2D eigenvalue weighted by Gasteiger charge is 2.11. The second kappa shape index (κ2) is 7.29. The van der Waals surface area contributed by atoms with E-state index in [9.17, 15) is 4.79 Å². The van der Waals surface area contributed by atoms with Crippen molar-refractivity contribution in [3.05, 3.63) is 0 Å². The second-order valence-electron chi connectivity index (χ2n) is 3.18. The molecule has 0 spiro atoms. The van der Waals surface area contributed by atoms with Crippen molar-refractivity contribution in [2.45, 2.75) is 52.1 Å². The minimum absolute atomic E-state index is 0.147. The zero-order valence-electron chi connectivity index (χ0n) is 8.43. The Bertz CT molecular complexity index is 121. The summed E-state index contributed by atoms with van der Waals surface area (Å²) < 4.78 is 5.04. The highest BCUT2D eigenvalue weighted by Crippen LogP contribution is 2.08. The van der Waals surface area contributed by atoms with Gasteiger partial charge < -0.3 is 4.74 Å². The third kappa shape index (κ3) is 5.30. The Morgan fingerprint density at radius 1 is 1.33 bits per heavy atom. The largest absolute Gasteiger partial charge is 0.374 e. The van der Waals surface area contributed by atoms with Gasteiger partial charge in [-0.2, -0.15) is 0 Å². The van der Waals surface area contributed by atoms with Gasteiger partial charge in [0.15, 0.2) is 5.78 Å². The van der Waals surface area contributed by atoms with Gasteiger partial charge in [0.1, 0.15) is 6.10 Å². The van der Waals surface area contributed by atoms with E-state index in [1.165, 1.54) is 19.3 Å². The lowest BCUT2D eigenvalue weighted by atomic mass is 10.1. The maximum atomic E-state index is 10.9. The lowest BCUT2D eigenvalue weighted by Crippen LogP contribution is -2.19. The van der Waals surface area contributed by atoms with Crippen molar-refractivity contribution in [1.82, 2.24) is 0 Å². The smallest absolute Gasteiger partial charge is 0.158 e. The van der Waals surface area contributed by atoms with Crippen molar-refractivity contribution >= 4 is 5.78 Å². The van der Waals surface area contributed by atoms with Crippen LogP contribution in [0.5, 0.6) is 0 Å². The predicted octanol–water partition coefficient (Wildman–Crippen LogP) is 2.56. The van der Waals surface area contributed by atoms with E-state index in [0.717, 1.165) is 12.8 Å². The summed E-state index contributed by atoms with van der Waals surface area (Å²) in [6.07, 6.45) is 5.52. The topological polar surface area (TPSA) is 26.3 Å². The van der Waals surface area contributed by atoms with Crippen LogP contribution in [0.1, 0.15) is 46.0 Å². The van der Waals surface area contributed by atoms with E-state index >= 15 is 0 Å². The predicted molar refractivity (Wildman–Crippen MR) is 50.2 cm³/mol. The summed E-state index contributed by atoms with van der Waals surface area (Å²) in [7, 11) is 1.60. The van der Waals surface area contributed by atoms with Gasteiger partial charge in [0.25, 0.3) is 0 Å². The maximum Gasteiger partial charge on any atom is 0.158 e. The van der Waals surface area contributed by atoms with E-state index in [1.807, 2.05) is 0 Å². The van der Waals surface area contributed by atoms with Gasteiger partial charge >= 0.3 is 0 Å². The van der Waals surface area contributed by atoms with E-state index in [-0.39, 0.29) is 11.9 Å². The second-order valence-corrected chi connectivity index (χ2v) is 3.18. The Kier molecular flexibility index (Phi) is 7.06. The highest BCUT2D eigenvalue weighted by molar-refractivity contribution is 5.80. The minimum Gasteiger partial charge on any atom is -0.374 e. The SMILES string of the molecule is CCCCCCC(OC)C(C)=O. The molecule has 0 aromatic heterocycles. The molecule has 0 saturated carbocycles. The van der Waals surface area contributed by atoms with Gasteiger partial charge in [-0.1, -0.05) is 32.6 Å². The first kappa shape index (κ1) is 11.6. The summed E-state index contributed by atoms with van der Waals surface area (Å²) in [4.78, 5) is 10.9. The molecule has 0 rings (SSSR count). The molecule has 0 heterocycles. The number of carbonyl (C=O) groups is 1. The zero-order valence-corrected chi connectivity index (χ0v) is 8.43. The van der Waals surface area contributed by atoms with Crippen molar-refractivity contribution in [3.8, 4) is 0 Å². The molecule has 1 atom stereocenters. The van der Waals surface area contributed by atoms with Crippen LogP contribution in [0.25, 0.3) is 0 Å². The van der Waals surface area contributed by atoms with E-state index < -0.39 is 0 Å². The van der Waals surface area contributed by atoms with Gasteiger partial charge in [-0.3, -0.25) is 4.79 Å². The third-order valence-corrected chi connectivity index (χ3v) is 2.06. The molecular formula is C10H20O2. The number of unbranched alkanes of at least 4 members (excludes halogenated alkanes) is 3. The van der Waals surface area contributed by atoms with Crippen LogP contribution >= 0.6 is 0 Å². The molecule has 12 heavy (non-hydrogen) atoms. The van der Waals surface area contributed by atoms with Crippen molar-refractivity contribution in [2.24, 2.45) is 0 Å². The molecule has 0 aromatic rings. The number of ether oxygens (including phenoxy) is 1. The van der Waals surface area contributed by atoms with Crippen molar-refractivity contribution < 1.29 is 9.53 Å². The molecule has 0 aliphatic heterocycles. The first-order chi connectivity index (χ1) is 5.72. The van der Waals surface area contributed by atoms with Gasteiger partial charge in [0, 0.05) is 7.11 Å². The lowest BCUT2D eigenvalue weighted by Gasteiger charge is -2.10. The number of rotatable bonds is 7. The summed E-state index contributed by atoms with van der Waals surface area (Å²) >= 11 is 0. The number of methoxy groups -OCH3 is 1. The molecule has 2 nitrogen and oxygen atoms in total. The number of hydrogen-bond acceptors (Lipinski definition) is 2. The Labute approximate surface area is 75.3 Å². The van der Waals surface area contributed by atoms with E-state index in [4.69, 9.17) is 4.74 Å². The number of hydrogen-bond donors (Lipinski definition) is 0. The fraction of sp³-hybridized carbons (Fsp3) is 0.900. The van der Waals surface area contributed by atoms with Crippen LogP contribution in [0.4, 0.5) is 0 Å². The first-order valence-corrected chi connectivity index (χ1v) is 4.75. The summed E-state index contributed by atoms with van der Waals surface area (Å²) in [6.45, 7) is 3.77. The van der Waals surface area contributed by atoms with Crippen LogP contribution in [-0.4, -0.2) is 19.0 Å². The van der Waals surface area contributed by atoms with Gasteiger partial charge in [-0.05, 0) is 13.3 Å². The summed E-state index contributed by atoms with van der Waals surface area (Å²) in [5.74, 6) is 0.147. The molecular weight excluding hydrogens is 152 g/mol. The summed E-state index contributed by atoms with van der Waals surface area (Å²) in [5, 5.41) is 0.